The number of nitrogens with one attached hydrogen (secondary N) is 1. The molecule has 4 rings (SSSR count). The lowest BCUT2D eigenvalue weighted by molar-refractivity contribution is -0.384. The van der Waals surface area contributed by atoms with E-state index >= 15 is 0 Å². The summed E-state index contributed by atoms with van der Waals surface area (Å²) in [5.74, 6) is 0.107. The number of hydrogen-bond donors (Lipinski definition) is 1. The van der Waals surface area contributed by atoms with Crippen molar-refractivity contribution in [2.24, 2.45) is 0 Å². The van der Waals surface area contributed by atoms with Crippen molar-refractivity contribution in [2.75, 3.05) is 5.32 Å². The summed E-state index contributed by atoms with van der Waals surface area (Å²) in [6, 6.07) is 12.1. The van der Waals surface area contributed by atoms with Gasteiger partial charge in [-0.15, -0.1) is 0 Å². The molecule has 174 valence electrons. The Morgan fingerprint density at radius 1 is 1.15 bits per heavy atom. The smallest absolute Gasteiger partial charge is 0.276 e. The van der Waals surface area contributed by atoms with Crippen LogP contribution in [0.5, 0.6) is 11.5 Å². The third-order valence-electron chi connectivity index (χ3n) is 4.85. The van der Waals surface area contributed by atoms with Crippen LogP contribution in [-0.2, 0) is 6.67 Å². The number of hydrogen-bond acceptors (Lipinski definition) is 6. The number of carbonyl (C=O) groups is 1. The van der Waals surface area contributed by atoms with Crippen molar-refractivity contribution in [2.45, 2.75) is 20.5 Å². The highest BCUT2D eigenvalue weighted by Crippen LogP contribution is 2.30. The molecule has 0 aliphatic carbocycles. The number of nitrogens with zero attached hydrogens (tertiary/aromatic N) is 5. The number of halogens is 2. The normalized spacial score (nSPS) is 10.8. The van der Waals surface area contributed by atoms with E-state index in [1.807, 2.05) is 13.8 Å². The zero-order valence-electron chi connectivity index (χ0n) is 18.0. The van der Waals surface area contributed by atoms with E-state index in [-0.39, 0.29) is 22.8 Å². The number of carbonyl (C=O) groups excluding carboxylic acids is 1. The number of anilines is 1. The Morgan fingerprint density at radius 3 is 2.53 bits per heavy atom. The molecule has 1 amide bonds. The molecule has 2 aromatic carbocycles. The molecule has 34 heavy (non-hydrogen) atoms. The molecule has 1 N–H and O–H groups in total. The van der Waals surface area contributed by atoms with Crippen molar-refractivity contribution in [3.63, 3.8) is 0 Å². The van der Waals surface area contributed by atoms with Crippen LogP contribution in [0.2, 0.25) is 5.02 Å². The number of aromatic nitrogens is 4. The molecular weight excluding hydrogens is 528 g/mol. The van der Waals surface area contributed by atoms with Gasteiger partial charge in [-0.3, -0.25) is 19.6 Å². The van der Waals surface area contributed by atoms with E-state index in [1.54, 1.807) is 45.9 Å². The Bertz CT molecular complexity index is 1380. The maximum atomic E-state index is 12.8. The molecule has 4 aromatic rings. The lowest BCUT2D eigenvalue weighted by Crippen LogP contribution is -2.16. The van der Waals surface area contributed by atoms with Crippen LogP contribution in [0.3, 0.4) is 0 Å². The number of amides is 1. The first-order chi connectivity index (χ1) is 16.2. The van der Waals surface area contributed by atoms with Gasteiger partial charge in [0.1, 0.15) is 18.2 Å². The molecule has 0 aliphatic heterocycles. The molecule has 0 spiro atoms. The van der Waals surface area contributed by atoms with E-state index in [1.165, 1.54) is 18.2 Å². The first-order valence-electron chi connectivity index (χ1n) is 9.97. The Balaban J connectivity index is 1.52. The largest absolute Gasteiger partial charge is 0.457 e. The monoisotopic (exact) mass is 544 g/mol. The average molecular weight is 546 g/mol. The lowest BCUT2D eigenvalue weighted by atomic mass is 10.2. The van der Waals surface area contributed by atoms with Crippen molar-refractivity contribution in [1.82, 2.24) is 19.6 Å². The van der Waals surface area contributed by atoms with E-state index in [4.69, 9.17) is 16.3 Å². The summed E-state index contributed by atoms with van der Waals surface area (Å²) >= 11 is 9.36. The zero-order valence-corrected chi connectivity index (χ0v) is 20.4. The van der Waals surface area contributed by atoms with Crippen molar-refractivity contribution < 1.29 is 14.5 Å². The molecule has 0 fully saturated rings. The van der Waals surface area contributed by atoms with Crippen LogP contribution in [0, 0.1) is 24.0 Å². The summed E-state index contributed by atoms with van der Waals surface area (Å²) < 4.78 is 9.95. The minimum absolute atomic E-state index is 0.146. The Kier molecular flexibility index (Phi) is 6.66. The van der Waals surface area contributed by atoms with Crippen LogP contribution in [-0.4, -0.2) is 30.4 Å². The van der Waals surface area contributed by atoms with Crippen LogP contribution in [0.1, 0.15) is 21.9 Å². The summed E-state index contributed by atoms with van der Waals surface area (Å²) in [5.41, 5.74) is 1.89. The summed E-state index contributed by atoms with van der Waals surface area (Å²) in [6.45, 7) is 4.13. The minimum Gasteiger partial charge on any atom is -0.457 e. The van der Waals surface area contributed by atoms with Crippen molar-refractivity contribution >= 4 is 44.8 Å². The summed E-state index contributed by atoms with van der Waals surface area (Å²) in [5, 5.41) is 23.3. The molecule has 10 nitrogen and oxygen atoms in total. The molecule has 0 aliphatic rings. The quantitative estimate of drug-likeness (QED) is 0.240. The summed E-state index contributed by atoms with van der Waals surface area (Å²) in [4.78, 5) is 23.6. The number of aryl methyl sites for hydroxylation is 1. The van der Waals surface area contributed by atoms with E-state index in [0.717, 1.165) is 15.9 Å². The topological polar surface area (TPSA) is 117 Å². The fourth-order valence-electron chi connectivity index (χ4n) is 3.17. The highest BCUT2D eigenvalue weighted by atomic mass is 79.9. The molecule has 2 heterocycles. The number of non-ortho nitro benzene ring substituents is 1. The second-order valence-electron chi connectivity index (χ2n) is 7.35. The third kappa shape index (κ3) is 5.26. The number of nitro benzene ring substituents is 1. The van der Waals surface area contributed by atoms with Gasteiger partial charge in [0.15, 0.2) is 5.69 Å². The predicted octanol–water partition coefficient (Wildman–Crippen LogP) is 5.57. The molecule has 2 aromatic heterocycles. The van der Waals surface area contributed by atoms with Crippen molar-refractivity contribution in [3.8, 4) is 11.5 Å². The van der Waals surface area contributed by atoms with Gasteiger partial charge in [0.05, 0.1) is 32.5 Å². The summed E-state index contributed by atoms with van der Waals surface area (Å²) in [7, 11) is 0. The first kappa shape index (κ1) is 23.5. The Morgan fingerprint density at radius 2 is 1.88 bits per heavy atom. The third-order valence-corrected chi connectivity index (χ3v) is 6.25. The maximum absolute atomic E-state index is 12.8. The summed E-state index contributed by atoms with van der Waals surface area (Å²) in [6.07, 6.45) is 1.65. The zero-order chi connectivity index (χ0) is 24.4. The Labute approximate surface area is 207 Å². The van der Waals surface area contributed by atoms with E-state index < -0.39 is 10.8 Å². The molecule has 0 atom stereocenters. The predicted molar refractivity (Wildman–Crippen MR) is 130 cm³/mol. The van der Waals surface area contributed by atoms with Crippen LogP contribution >= 0.6 is 27.5 Å². The van der Waals surface area contributed by atoms with E-state index in [9.17, 15) is 14.9 Å². The van der Waals surface area contributed by atoms with Crippen LogP contribution in [0.25, 0.3) is 0 Å². The number of ether oxygens (including phenoxy) is 1. The first-order valence-corrected chi connectivity index (χ1v) is 11.1. The van der Waals surface area contributed by atoms with Gasteiger partial charge in [-0.1, -0.05) is 11.6 Å². The fraction of sp³-hybridized carbons (Fsp3) is 0.136. The molecule has 0 bridgehead atoms. The minimum atomic E-state index is -0.564. The van der Waals surface area contributed by atoms with Gasteiger partial charge in [0.2, 0.25) is 0 Å². The lowest BCUT2D eigenvalue weighted by Gasteiger charge is -2.09. The van der Waals surface area contributed by atoms with E-state index in [2.05, 4.69) is 31.4 Å². The highest BCUT2D eigenvalue weighted by Gasteiger charge is 2.16. The number of nitro groups is 1. The van der Waals surface area contributed by atoms with Gasteiger partial charge in [-0.05, 0) is 60.1 Å². The standard InChI is InChI=1S/C22H18BrClN6O4/c1-13-21(23)14(2)29(26-13)12-28-8-7-20(27-28)22(31)25-16-9-17(30(32)33)11-19(10-16)34-18-5-3-15(24)4-6-18/h3-11H,12H2,1-2H3,(H,25,31). The highest BCUT2D eigenvalue weighted by molar-refractivity contribution is 9.10. The van der Waals surface area contributed by atoms with Gasteiger partial charge in [-0.2, -0.15) is 10.2 Å². The second-order valence-corrected chi connectivity index (χ2v) is 8.58. The second kappa shape index (κ2) is 9.65. The maximum Gasteiger partial charge on any atom is 0.276 e. The molecule has 0 saturated heterocycles. The molecule has 12 heteroatoms. The van der Waals surface area contributed by atoms with E-state index in [0.29, 0.717) is 17.4 Å². The van der Waals surface area contributed by atoms with Gasteiger partial charge >= 0.3 is 0 Å². The van der Waals surface area contributed by atoms with Gasteiger partial charge in [-0.25, -0.2) is 4.68 Å². The fourth-order valence-corrected chi connectivity index (χ4v) is 3.58. The molecule has 0 unspecified atom stereocenters. The van der Waals surface area contributed by atoms with Crippen LogP contribution < -0.4 is 10.1 Å². The molecule has 0 radical (unpaired) electrons. The van der Waals surface area contributed by atoms with Gasteiger partial charge in [0.25, 0.3) is 11.6 Å². The van der Waals surface area contributed by atoms with Crippen molar-refractivity contribution in [3.05, 3.63) is 91.4 Å². The average Bonchev–Trinajstić information content (AvgIpc) is 3.36. The van der Waals surface area contributed by atoms with Gasteiger partial charge in [0, 0.05) is 23.4 Å². The van der Waals surface area contributed by atoms with Crippen LogP contribution in [0.15, 0.2) is 59.2 Å². The molecular formula is C22H18BrClN6O4. The SMILES string of the molecule is Cc1nn(Cn2ccc(C(=O)Nc3cc(Oc4ccc(Cl)cc4)cc([N+](=O)[O-])c3)n2)c(C)c1Br. The van der Waals surface area contributed by atoms with Crippen molar-refractivity contribution in [1.29, 1.82) is 0 Å². The van der Waals surface area contributed by atoms with Crippen LogP contribution in [0.4, 0.5) is 11.4 Å². The molecule has 0 saturated carbocycles. The Hall–Kier alpha value is -3.70. The van der Waals surface area contributed by atoms with Gasteiger partial charge < -0.3 is 10.1 Å². The number of benzene rings is 2. The number of rotatable bonds is 7.